The lowest BCUT2D eigenvalue weighted by atomic mass is 10.1. The van der Waals surface area contributed by atoms with Gasteiger partial charge in [0.1, 0.15) is 18.3 Å². The van der Waals surface area contributed by atoms with Crippen molar-refractivity contribution in [2.45, 2.75) is 45.4 Å². The molecule has 18 heavy (non-hydrogen) atoms. The van der Waals surface area contributed by atoms with Crippen LogP contribution in [0.1, 0.15) is 45.4 Å². The van der Waals surface area contributed by atoms with Crippen LogP contribution in [0.3, 0.4) is 0 Å². The zero-order valence-electron chi connectivity index (χ0n) is 11.2. The molecule has 0 spiro atoms. The second-order valence-corrected chi connectivity index (χ2v) is 4.11. The van der Waals surface area contributed by atoms with Gasteiger partial charge in [0.25, 0.3) is 0 Å². The second-order valence-electron chi connectivity index (χ2n) is 4.11. The first kappa shape index (κ1) is 16.5. The fourth-order valence-electron chi connectivity index (χ4n) is 1.65. The first-order valence-corrected chi connectivity index (χ1v) is 6.53. The van der Waals surface area contributed by atoms with E-state index in [1.54, 1.807) is 18.2 Å². The number of unbranched alkanes of at least 4 members (excludes halogenated alkanes) is 5. The quantitative estimate of drug-likeness (QED) is 0.713. The molecule has 0 saturated carbocycles. The highest BCUT2D eigenvalue weighted by Gasteiger charge is 1.95. The molecule has 0 unspecified atom stereocenters. The average Bonchev–Trinajstić information content (AvgIpc) is 2.40. The third-order valence-electron chi connectivity index (χ3n) is 2.58. The molecule has 3 heteroatoms. The molecule has 0 fully saturated rings. The molecule has 0 aliphatic rings. The van der Waals surface area contributed by atoms with Crippen LogP contribution in [-0.4, -0.2) is 18.5 Å². The van der Waals surface area contributed by atoms with Crippen molar-refractivity contribution in [1.29, 1.82) is 0 Å². The Bertz CT molecular complexity index is 300. The normalized spacial score (nSPS) is 9.39. The minimum Gasteiger partial charge on any atom is -0.508 e. The van der Waals surface area contributed by atoms with E-state index in [9.17, 15) is 5.11 Å². The predicted molar refractivity (Wildman–Crippen MR) is 74.1 cm³/mol. The van der Waals surface area contributed by atoms with Gasteiger partial charge < -0.3 is 14.6 Å². The number of rotatable bonds is 8. The largest absolute Gasteiger partial charge is 0.508 e. The van der Waals surface area contributed by atoms with E-state index in [0.717, 1.165) is 18.8 Å². The van der Waals surface area contributed by atoms with E-state index in [0.29, 0.717) is 0 Å². The average molecular weight is 252 g/mol. The third-order valence-corrected chi connectivity index (χ3v) is 2.58. The number of phenolic OH excluding ortho intramolecular Hbond substituents is 1. The van der Waals surface area contributed by atoms with E-state index < -0.39 is 0 Å². The van der Waals surface area contributed by atoms with Gasteiger partial charge in [-0.2, -0.15) is 0 Å². The minimum atomic E-state index is 0.264. The molecule has 0 aliphatic heterocycles. The third kappa shape index (κ3) is 8.62. The summed E-state index contributed by atoms with van der Waals surface area (Å²) in [5, 5.41) is 9.23. The molecule has 0 amide bonds. The Morgan fingerprint density at radius 1 is 1.11 bits per heavy atom. The number of carbonyl (C=O) groups is 1. The van der Waals surface area contributed by atoms with Crippen molar-refractivity contribution in [2.24, 2.45) is 0 Å². The van der Waals surface area contributed by atoms with Crippen LogP contribution in [0, 0.1) is 0 Å². The van der Waals surface area contributed by atoms with Gasteiger partial charge in [-0.15, -0.1) is 0 Å². The van der Waals surface area contributed by atoms with Crippen molar-refractivity contribution >= 4 is 6.79 Å². The van der Waals surface area contributed by atoms with Crippen LogP contribution >= 0.6 is 0 Å². The molecule has 1 aromatic carbocycles. The Hall–Kier alpha value is -1.51. The van der Waals surface area contributed by atoms with Crippen LogP contribution in [0.15, 0.2) is 24.3 Å². The summed E-state index contributed by atoms with van der Waals surface area (Å²) >= 11 is 0. The van der Waals surface area contributed by atoms with Crippen LogP contribution in [0.25, 0.3) is 0 Å². The van der Waals surface area contributed by atoms with E-state index in [-0.39, 0.29) is 5.75 Å². The van der Waals surface area contributed by atoms with Gasteiger partial charge in [0.2, 0.25) is 0 Å². The summed E-state index contributed by atoms with van der Waals surface area (Å²) in [6.07, 6.45) is 7.60. The van der Waals surface area contributed by atoms with Crippen molar-refractivity contribution in [3.05, 3.63) is 24.3 Å². The fourth-order valence-corrected chi connectivity index (χ4v) is 1.65. The van der Waals surface area contributed by atoms with E-state index in [4.69, 9.17) is 9.53 Å². The number of ether oxygens (including phenoxy) is 1. The van der Waals surface area contributed by atoms with E-state index in [1.165, 1.54) is 32.1 Å². The van der Waals surface area contributed by atoms with Gasteiger partial charge in [-0.05, 0) is 18.6 Å². The van der Waals surface area contributed by atoms with Crippen molar-refractivity contribution in [1.82, 2.24) is 0 Å². The monoisotopic (exact) mass is 252 g/mol. The smallest absolute Gasteiger partial charge is 0.122 e. The summed E-state index contributed by atoms with van der Waals surface area (Å²) in [6, 6.07) is 6.97. The van der Waals surface area contributed by atoms with Crippen LogP contribution in [0.2, 0.25) is 0 Å². The van der Waals surface area contributed by atoms with Gasteiger partial charge in [0.15, 0.2) is 0 Å². The lowest BCUT2D eigenvalue weighted by Crippen LogP contribution is -1.96. The summed E-state index contributed by atoms with van der Waals surface area (Å²) in [6.45, 7) is 4.97. The summed E-state index contributed by atoms with van der Waals surface area (Å²) in [5.74, 6) is 1.02. The Balaban J connectivity index is 0.00000137. The zero-order chi connectivity index (χ0) is 13.6. The molecule has 1 aromatic rings. The topological polar surface area (TPSA) is 46.5 Å². The zero-order valence-corrected chi connectivity index (χ0v) is 11.2. The lowest BCUT2D eigenvalue weighted by molar-refractivity contribution is -0.0979. The van der Waals surface area contributed by atoms with Crippen LogP contribution in [0.4, 0.5) is 0 Å². The van der Waals surface area contributed by atoms with E-state index >= 15 is 0 Å². The molecule has 0 aliphatic carbocycles. The number of carbonyl (C=O) groups excluding carboxylic acids is 1. The maximum Gasteiger partial charge on any atom is 0.122 e. The molecule has 0 bridgehead atoms. The SMILES string of the molecule is C=O.CCCCCCCCOc1cccc(O)c1. The summed E-state index contributed by atoms with van der Waals surface area (Å²) in [7, 11) is 0. The molecular weight excluding hydrogens is 228 g/mol. The molecule has 0 heterocycles. The standard InChI is InChI=1S/C14H22O2.CH2O/c1-2-3-4-5-6-7-11-16-14-10-8-9-13(15)12-14;1-2/h8-10,12,15H,2-7,11H2,1H3;1H2. The van der Waals surface area contributed by atoms with Crippen molar-refractivity contribution < 1.29 is 14.6 Å². The van der Waals surface area contributed by atoms with Gasteiger partial charge in [-0.3, -0.25) is 0 Å². The molecule has 0 radical (unpaired) electrons. The lowest BCUT2D eigenvalue weighted by Gasteiger charge is -2.06. The van der Waals surface area contributed by atoms with Gasteiger partial charge in [0, 0.05) is 6.07 Å². The number of hydrogen-bond donors (Lipinski definition) is 1. The number of aromatic hydroxyl groups is 1. The molecule has 1 N–H and O–H groups in total. The van der Waals surface area contributed by atoms with Crippen LogP contribution in [0.5, 0.6) is 11.5 Å². The number of phenols is 1. The maximum absolute atomic E-state index is 9.23. The van der Waals surface area contributed by atoms with Crippen LogP contribution in [-0.2, 0) is 4.79 Å². The Morgan fingerprint density at radius 2 is 1.78 bits per heavy atom. The maximum atomic E-state index is 9.23. The van der Waals surface area contributed by atoms with Gasteiger partial charge >= 0.3 is 0 Å². The highest BCUT2D eigenvalue weighted by Crippen LogP contribution is 2.18. The first-order valence-electron chi connectivity index (χ1n) is 6.53. The number of benzene rings is 1. The van der Waals surface area contributed by atoms with E-state index in [1.807, 2.05) is 12.9 Å². The molecule has 0 atom stereocenters. The Kier molecular flexibility index (Phi) is 11.0. The molecule has 0 saturated heterocycles. The molecule has 0 aromatic heterocycles. The molecular formula is C15H24O3. The highest BCUT2D eigenvalue weighted by atomic mass is 16.5. The molecule has 102 valence electrons. The fraction of sp³-hybridized carbons (Fsp3) is 0.533. The summed E-state index contributed by atoms with van der Waals surface area (Å²) in [4.78, 5) is 8.00. The Morgan fingerprint density at radius 3 is 2.44 bits per heavy atom. The highest BCUT2D eigenvalue weighted by molar-refractivity contribution is 5.31. The first-order chi connectivity index (χ1) is 8.83. The van der Waals surface area contributed by atoms with Crippen molar-refractivity contribution in [3.63, 3.8) is 0 Å². The molecule has 3 nitrogen and oxygen atoms in total. The van der Waals surface area contributed by atoms with Gasteiger partial charge in [0.05, 0.1) is 6.61 Å². The predicted octanol–water partition coefficient (Wildman–Crippen LogP) is 3.95. The van der Waals surface area contributed by atoms with E-state index in [2.05, 4.69) is 6.92 Å². The van der Waals surface area contributed by atoms with Crippen LogP contribution < -0.4 is 4.74 Å². The summed E-state index contributed by atoms with van der Waals surface area (Å²) < 4.78 is 5.53. The van der Waals surface area contributed by atoms with Gasteiger partial charge in [-0.1, -0.05) is 45.1 Å². The van der Waals surface area contributed by atoms with Crippen molar-refractivity contribution in [3.8, 4) is 11.5 Å². The second kappa shape index (κ2) is 12.0. The minimum absolute atomic E-state index is 0.264. The Labute approximate surface area is 110 Å². The van der Waals surface area contributed by atoms with Crippen molar-refractivity contribution in [2.75, 3.05) is 6.61 Å². The number of hydrogen-bond acceptors (Lipinski definition) is 3. The molecule has 1 rings (SSSR count). The summed E-state index contributed by atoms with van der Waals surface area (Å²) in [5.41, 5.74) is 0. The van der Waals surface area contributed by atoms with Gasteiger partial charge in [-0.25, -0.2) is 0 Å².